The third-order valence-corrected chi connectivity index (χ3v) is 3.26. The lowest BCUT2D eigenvalue weighted by Gasteiger charge is -2.15. The molecule has 5 nitrogen and oxygen atoms in total. The van der Waals surface area contributed by atoms with E-state index in [1.807, 2.05) is 39.0 Å². The van der Waals surface area contributed by atoms with Gasteiger partial charge in [0.05, 0.1) is 12.6 Å². The van der Waals surface area contributed by atoms with Crippen LogP contribution in [0.5, 0.6) is 0 Å². The number of aryl methyl sites for hydroxylation is 1. The van der Waals surface area contributed by atoms with E-state index in [1.54, 1.807) is 0 Å². The zero-order chi connectivity index (χ0) is 15.8. The topological polar surface area (TPSA) is 84.2 Å². The van der Waals surface area contributed by atoms with Crippen molar-refractivity contribution in [1.82, 2.24) is 10.6 Å². The lowest BCUT2D eigenvalue weighted by Crippen LogP contribution is -2.47. The van der Waals surface area contributed by atoms with E-state index in [0.717, 1.165) is 6.42 Å². The van der Waals surface area contributed by atoms with E-state index in [4.69, 9.17) is 5.73 Å². The molecular weight excluding hydrogens is 266 g/mol. The Balaban J connectivity index is 2.24. The summed E-state index contributed by atoms with van der Waals surface area (Å²) in [5.74, 6) is -0.444. The summed E-state index contributed by atoms with van der Waals surface area (Å²) in [6.45, 7) is 6.29. The average molecular weight is 291 g/mol. The van der Waals surface area contributed by atoms with Crippen LogP contribution in [0.1, 0.15) is 25.0 Å². The van der Waals surface area contributed by atoms with Crippen LogP contribution in [-0.4, -0.2) is 30.9 Å². The Bertz CT molecular complexity index is 486. The Labute approximate surface area is 126 Å². The van der Waals surface area contributed by atoms with Gasteiger partial charge in [0, 0.05) is 6.54 Å². The third-order valence-electron chi connectivity index (χ3n) is 3.26. The van der Waals surface area contributed by atoms with Gasteiger partial charge >= 0.3 is 0 Å². The van der Waals surface area contributed by atoms with Gasteiger partial charge < -0.3 is 16.4 Å². The van der Waals surface area contributed by atoms with Crippen molar-refractivity contribution in [3.05, 3.63) is 35.4 Å². The maximum Gasteiger partial charge on any atom is 0.239 e. The van der Waals surface area contributed by atoms with E-state index in [0.29, 0.717) is 6.54 Å². The summed E-state index contributed by atoms with van der Waals surface area (Å²) in [7, 11) is 0. The quantitative estimate of drug-likeness (QED) is 0.693. The summed E-state index contributed by atoms with van der Waals surface area (Å²) in [5, 5.41) is 5.32. The van der Waals surface area contributed by atoms with E-state index in [1.165, 1.54) is 11.1 Å². The molecule has 116 valence electrons. The van der Waals surface area contributed by atoms with Crippen LogP contribution >= 0.6 is 0 Å². The van der Waals surface area contributed by atoms with Crippen LogP contribution in [0.2, 0.25) is 0 Å². The first-order valence-electron chi connectivity index (χ1n) is 7.25. The maximum absolute atomic E-state index is 11.6. The molecule has 0 aliphatic carbocycles. The van der Waals surface area contributed by atoms with E-state index < -0.39 is 6.04 Å². The molecule has 0 saturated heterocycles. The second-order valence-electron chi connectivity index (χ2n) is 5.58. The van der Waals surface area contributed by atoms with Crippen molar-refractivity contribution in [2.24, 2.45) is 11.7 Å². The smallest absolute Gasteiger partial charge is 0.239 e. The second-order valence-corrected chi connectivity index (χ2v) is 5.58. The molecule has 1 aromatic carbocycles. The van der Waals surface area contributed by atoms with Crippen LogP contribution in [0, 0.1) is 12.8 Å². The fourth-order valence-corrected chi connectivity index (χ4v) is 1.86. The number of hydrogen-bond acceptors (Lipinski definition) is 3. The summed E-state index contributed by atoms with van der Waals surface area (Å²) >= 11 is 0. The predicted octanol–water partition coefficient (Wildman–Crippen LogP) is 0.753. The van der Waals surface area contributed by atoms with E-state index in [9.17, 15) is 9.59 Å². The molecule has 1 aromatic rings. The lowest BCUT2D eigenvalue weighted by molar-refractivity contribution is -0.127. The van der Waals surface area contributed by atoms with Gasteiger partial charge in [-0.25, -0.2) is 0 Å². The molecular formula is C16H25N3O2. The van der Waals surface area contributed by atoms with Crippen molar-refractivity contribution < 1.29 is 9.59 Å². The van der Waals surface area contributed by atoms with Gasteiger partial charge in [-0.15, -0.1) is 0 Å². The zero-order valence-electron chi connectivity index (χ0n) is 13.0. The van der Waals surface area contributed by atoms with Crippen LogP contribution in [-0.2, 0) is 16.0 Å². The predicted molar refractivity (Wildman–Crippen MR) is 83.7 cm³/mol. The molecule has 0 aliphatic heterocycles. The van der Waals surface area contributed by atoms with Crippen molar-refractivity contribution in [3.8, 4) is 0 Å². The van der Waals surface area contributed by atoms with Gasteiger partial charge in [0.15, 0.2) is 0 Å². The average Bonchev–Trinajstić information content (AvgIpc) is 2.44. The molecule has 0 aliphatic rings. The van der Waals surface area contributed by atoms with Gasteiger partial charge in [-0.05, 0) is 24.8 Å². The molecule has 5 heteroatoms. The maximum atomic E-state index is 11.6. The minimum Gasteiger partial charge on any atom is -0.354 e. The van der Waals surface area contributed by atoms with Crippen molar-refractivity contribution >= 4 is 11.8 Å². The Morgan fingerprint density at radius 2 is 1.95 bits per heavy atom. The van der Waals surface area contributed by atoms with Gasteiger partial charge in [0.2, 0.25) is 11.8 Å². The highest BCUT2D eigenvalue weighted by molar-refractivity contribution is 5.87. The first kappa shape index (κ1) is 17.2. The fraction of sp³-hybridized carbons (Fsp3) is 0.500. The summed E-state index contributed by atoms with van der Waals surface area (Å²) in [6, 6.07) is 7.58. The number of nitrogens with one attached hydrogen (secondary N) is 2. The van der Waals surface area contributed by atoms with Crippen molar-refractivity contribution in [2.75, 3.05) is 13.1 Å². The largest absolute Gasteiger partial charge is 0.354 e. The number of benzene rings is 1. The second kappa shape index (κ2) is 8.42. The number of hydrogen-bond donors (Lipinski definition) is 3. The fourth-order valence-electron chi connectivity index (χ4n) is 1.86. The van der Waals surface area contributed by atoms with Gasteiger partial charge in [0.1, 0.15) is 0 Å². The minimum atomic E-state index is -0.579. The molecule has 0 heterocycles. The Morgan fingerprint density at radius 3 is 2.57 bits per heavy atom. The minimum absolute atomic E-state index is 0.0347. The highest BCUT2D eigenvalue weighted by Crippen LogP contribution is 2.03. The molecule has 1 rings (SSSR count). The van der Waals surface area contributed by atoms with Crippen molar-refractivity contribution in [2.45, 2.75) is 33.2 Å². The van der Waals surface area contributed by atoms with Gasteiger partial charge in [-0.2, -0.15) is 0 Å². The van der Waals surface area contributed by atoms with Crippen LogP contribution in [0.25, 0.3) is 0 Å². The normalized spacial score (nSPS) is 12.0. The molecule has 0 fully saturated rings. The molecule has 0 unspecified atom stereocenters. The van der Waals surface area contributed by atoms with Gasteiger partial charge in [0.25, 0.3) is 0 Å². The number of rotatable bonds is 7. The first-order valence-corrected chi connectivity index (χ1v) is 7.25. The monoisotopic (exact) mass is 291 g/mol. The van der Waals surface area contributed by atoms with Crippen LogP contribution in [0.4, 0.5) is 0 Å². The Morgan fingerprint density at radius 1 is 1.24 bits per heavy atom. The van der Waals surface area contributed by atoms with Crippen LogP contribution in [0.15, 0.2) is 24.3 Å². The molecule has 2 amide bonds. The highest BCUT2D eigenvalue weighted by atomic mass is 16.2. The van der Waals surface area contributed by atoms with Crippen LogP contribution in [0.3, 0.4) is 0 Å². The Kier molecular flexibility index (Phi) is 6.88. The summed E-state index contributed by atoms with van der Waals surface area (Å²) in [6.07, 6.45) is 0.771. The number of carbonyl (C=O) groups is 2. The molecule has 1 atom stereocenters. The van der Waals surface area contributed by atoms with Gasteiger partial charge in [-0.1, -0.05) is 43.7 Å². The molecule has 0 spiro atoms. The number of nitrogens with two attached hydrogens (primary N) is 1. The zero-order valence-corrected chi connectivity index (χ0v) is 13.0. The molecule has 0 saturated carbocycles. The van der Waals surface area contributed by atoms with Gasteiger partial charge in [-0.3, -0.25) is 9.59 Å². The third kappa shape index (κ3) is 6.40. The highest BCUT2D eigenvalue weighted by Gasteiger charge is 2.17. The van der Waals surface area contributed by atoms with E-state index in [2.05, 4.69) is 16.7 Å². The summed E-state index contributed by atoms with van der Waals surface area (Å²) in [5.41, 5.74) is 8.08. The summed E-state index contributed by atoms with van der Waals surface area (Å²) in [4.78, 5) is 23.2. The van der Waals surface area contributed by atoms with Crippen LogP contribution < -0.4 is 16.4 Å². The van der Waals surface area contributed by atoms with Crippen molar-refractivity contribution in [1.29, 1.82) is 0 Å². The summed E-state index contributed by atoms with van der Waals surface area (Å²) < 4.78 is 0. The molecule has 0 radical (unpaired) electrons. The van der Waals surface area contributed by atoms with Crippen molar-refractivity contribution in [3.63, 3.8) is 0 Å². The van der Waals surface area contributed by atoms with E-state index in [-0.39, 0.29) is 24.3 Å². The number of amides is 2. The lowest BCUT2D eigenvalue weighted by atomic mass is 10.1. The Hall–Kier alpha value is -1.88. The van der Waals surface area contributed by atoms with E-state index >= 15 is 0 Å². The molecule has 0 bridgehead atoms. The SMILES string of the molecule is Cc1cccc(CCNC(=O)CNC(=O)[C@@H](N)C(C)C)c1. The first-order chi connectivity index (χ1) is 9.90. The molecule has 4 N–H and O–H groups in total. The molecule has 21 heavy (non-hydrogen) atoms. The standard InChI is InChI=1S/C16H25N3O2/c1-11(2)15(17)16(21)19-10-14(20)18-8-7-13-6-4-5-12(3)9-13/h4-6,9,11,15H,7-8,10,17H2,1-3H3,(H,18,20)(H,19,21)/t15-/m0/s1. The molecule has 0 aromatic heterocycles. The number of carbonyl (C=O) groups excluding carboxylic acids is 2.